The number of piperazine rings is 1. The Balaban J connectivity index is 1.23. The van der Waals surface area contributed by atoms with Crippen LogP contribution in [0.25, 0.3) is 10.9 Å². The van der Waals surface area contributed by atoms with Crippen LogP contribution in [0.15, 0.2) is 53.8 Å². The van der Waals surface area contributed by atoms with Crippen molar-refractivity contribution in [2.24, 2.45) is 0 Å². The third-order valence-electron chi connectivity index (χ3n) is 5.06. The molecule has 7 nitrogen and oxygen atoms in total. The third kappa shape index (κ3) is 4.14. The molecular weight excluding hydrogens is 340 g/mol. The number of aromatic nitrogens is 4. The standard InChI is InChI=1S/C20H24N6O/c27-19-17-6-1-2-7-18(17)23-16-26(19)11-4-3-10-24-12-14-25(15-13-24)20-21-8-5-9-22-20/h1-2,5-9,16H,3-4,10-15H2. The molecule has 0 spiro atoms. The number of aryl methyl sites for hydroxylation is 1. The number of fused-ring (bicyclic) bond motifs is 1. The average Bonchev–Trinajstić information content (AvgIpc) is 2.74. The minimum Gasteiger partial charge on any atom is -0.338 e. The van der Waals surface area contributed by atoms with Crippen LogP contribution in [-0.2, 0) is 6.54 Å². The van der Waals surface area contributed by atoms with Crippen molar-refractivity contribution in [3.05, 3.63) is 59.4 Å². The first-order chi connectivity index (χ1) is 13.3. The molecule has 0 N–H and O–H groups in total. The molecule has 7 heteroatoms. The van der Waals surface area contributed by atoms with Crippen molar-refractivity contribution in [1.29, 1.82) is 0 Å². The maximum absolute atomic E-state index is 12.5. The highest BCUT2D eigenvalue weighted by Crippen LogP contribution is 2.10. The Hall–Kier alpha value is -2.80. The van der Waals surface area contributed by atoms with Gasteiger partial charge in [-0.3, -0.25) is 14.3 Å². The molecule has 0 unspecified atom stereocenters. The van der Waals surface area contributed by atoms with Gasteiger partial charge in [-0.1, -0.05) is 12.1 Å². The first-order valence-corrected chi connectivity index (χ1v) is 9.50. The zero-order chi connectivity index (χ0) is 18.5. The zero-order valence-electron chi connectivity index (χ0n) is 15.4. The van der Waals surface area contributed by atoms with Crippen LogP contribution < -0.4 is 10.5 Å². The maximum atomic E-state index is 12.5. The fraction of sp³-hybridized carbons (Fsp3) is 0.400. The predicted octanol–water partition coefficient (Wildman–Crippen LogP) is 1.79. The first-order valence-electron chi connectivity index (χ1n) is 9.50. The van der Waals surface area contributed by atoms with E-state index in [4.69, 9.17) is 0 Å². The number of anilines is 1. The van der Waals surface area contributed by atoms with Gasteiger partial charge in [-0.2, -0.15) is 0 Å². The van der Waals surface area contributed by atoms with Gasteiger partial charge in [0.1, 0.15) is 0 Å². The van der Waals surface area contributed by atoms with Crippen molar-refractivity contribution in [2.45, 2.75) is 19.4 Å². The van der Waals surface area contributed by atoms with Gasteiger partial charge in [-0.05, 0) is 37.6 Å². The highest BCUT2D eigenvalue weighted by Gasteiger charge is 2.18. The Morgan fingerprint density at radius 1 is 0.852 bits per heavy atom. The quantitative estimate of drug-likeness (QED) is 0.621. The van der Waals surface area contributed by atoms with E-state index in [-0.39, 0.29) is 5.56 Å². The molecule has 1 aliphatic heterocycles. The maximum Gasteiger partial charge on any atom is 0.261 e. The Labute approximate surface area is 158 Å². The molecule has 4 rings (SSSR count). The van der Waals surface area contributed by atoms with Crippen LogP contribution in [0, 0.1) is 0 Å². The van der Waals surface area contributed by atoms with Crippen LogP contribution in [0.2, 0.25) is 0 Å². The van der Waals surface area contributed by atoms with Crippen molar-refractivity contribution < 1.29 is 0 Å². The molecule has 3 aromatic rings. The minimum absolute atomic E-state index is 0.0528. The van der Waals surface area contributed by atoms with Gasteiger partial charge in [-0.15, -0.1) is 0 Å². The largest absolute Gasteiger partial charge is 0.338 e. The SMILES string of the molecule is O=c1c2ccccc2ncn1CCCCN1CCN(c2ncccn2)CC1. The second-order valence-corrected chi connectivity index (χ2v) is 6.84. The van der Waals surface area contributed by atoms with E-state index in [2.05, 4.69) is 24.8 Å². The Kier molecular flexibility index (Phi) is 5.39. The fourth-order valence-electron chi connectivity index (χ4n) is 3.51. The van der Waals surface area contributed by atoms with Crippen LogP contribution in [0.5, 0.6) is 0 Å². The van der Waals surface area contributed by atoms with Gasteiger partial charge in [0.05, 0.1) is 17.2 Å². The zero-order valence-corrected chi connectivity index (χ0v) is 15.4. The summed E-state index contributed by atoms with van der Waals surface area (Å²) in [5.74, 6) is 0.820. The highest BCUT2D eigenvalue weighted by atomic mass is 16.1. The molecule has 1 aromatic carbocycles. The van der Waals surface area contributed by atoms with E-state index in [0.29, 0.717) is 11.9 Å². The molecule has 0 bridgehead atoms. The number of rotatable bonds is 6. The van der Waals surface area contributed by atoms with Gasteiger partial charge < -0.3 is 4.90 Å². The molecule has 3 heterocycles. The lowest BCUT2D eigenvalue weighted by Crippen LogP contribution is -2.47. The van der Waals surface area contributed by atoms with Crippen LogP contribution in [-0.4, -0.2) is 57.1 Å². The van der Waals surface area contributed by atoms with E-state index in [1.165, 1.54) is 0 Å². The molecule has 2 aromatic heterocycles. The van der Waals surface area contributed by atoms with Crippen molar-refractivity contribution in [2.75, 3.05) is 37.6 Å². The van der Waals surface area contributed by atoms with Crippen molar-refractivity contribution in [1.82, 2.24) is 24.4 Å². The van der Waals surface area contributed by atoms with E-state index in [0.717, 1.165) is 57.0 Å². The average molecular weight is 364 g/mol. The van der Waals surface area contributed by atoms with Gasteiger partial charge >= 0.3 is 0 Å². The number of benzene rings is 1. The van der Waals surface area contributed by atoms with E-state index < -0.39 is 0 Å². The Bertz CT molecular complexity index is 934. The van der Waals surface area contributed by atoms with E-state index in [1.54, 1.807) is 23.3 Å². The summed E-state index contributed by atoms with van der Waals surface area (Å²) in [5, 5.41) is 0.694. The molecule has 0 amide bonds. The second kappa shape index (κ2) is 8.26. The summed E-state index contributed by atoms with van der Waals surface area (Å²) < 4.78 is 1.73. The number of unbranched alkanes of at least 4 members (excludes halogenated alkanes) is 1. The van der Waals surface area contributed by atoms with E-state index in [1.807, 2.05) is 30.3 Å². The monoisotopic (exact) mass is 364 g/mol. The predicted molar refractivity (Wildman–Crippen MR) is 106 cm³/mol. The van der Waals surface area contributed by atoms with Gasteiger partial charge in [-0.25, -0.2) is 15.0 Å². The van der Waals surface area contributed by atoms with E-state index >= 15 is 0 Å². The summed E-state index contributed by atoms with van der Waals surface area (Å²) >= 11 is 0. The Morgan fingerprint density at radius 3 is 2.41 bits per heavy atom. The smallest absolute Gasteiger partial charge is 0.261 e. The molecule has 27 heavy (non-hydrogen) atoms. The lowest BCUT2D eigenvalue weighted by molar-refractivity contribution is 0.250. The van der Waals surface area contributed by atoms with Crippen LogP contribution >= 0.6 is 0 Å². The van der Waals surface area contributed by atoms with Gasteiger partial charge in [0, 0.05) is 45.1 Å². The van der Waals surface area contributed by atoms with Crippen LogP contribution in [0.3, 0.4) is 0 Å². The summed E-state index contributed by atoms with van der Waals surface area (Å²) in [6.45, 7) is 5.73. The normalized spacial score (nSPS) is 15.3. The first kappa shape index (κ1) is 17.6. The number of nitrogens with zero attached hydrogens (tertiary/aromatic N) is 6. The lowest BCUT2D eigenvalue weighted by atomic mass is 10.2. The molecule has 0 radical (unpaired) electrons. The summed E-state index contributed by atoms with van der Waals surface area (Å²) in [4.78, 5) is 30.2. The topological polar surface area (TPSA) is 67.2 Å². The van der Waals surface area contributed by atoms with Crippen molar-refractivity contribution in [3.63, 3.8) is 0 Å². The second-order valence-electron chi connectivity index (χ2n) is 6.84. The molecule has 140 valence electrons. The minimum atomic E-state index is 0.0528. The number of hydrogen-bond acceptors (Lipinski definition) is 6. The van der Waals surface area contributed by atoms with E-state index in [9.17, 15) is 4.79 Å². The Morgan fingerprint density at radius 2 is 1.59 bits per heavy atom. The number of hydrogen-bond donors (Lipinski definition) is 0. The molecule has 1 aliphatic rings. The van der Waals surface area contributed by atoms with Crippen molar-refractivity contribution >= 4 is 16.9 Å². The summed E-state index contributed by atoms with van der Waals surface area (Å²) in [7, 11) is 0. The molecule has 0 atom stereocenters. The van der Waals surface area contributed by atoms with Gasteiger partial charge in [0.2, 0.25) is 5.95 Å². The third-order valence-corrected chi connectivity index (χ3v) is 5.06. The molecule has 1 saturated heterocycles. The van der Waals surface area contributed by atoms with Crippen molar-refractivity contribution in [3.8, 4) is 0 Å². The van der Waals surface area contributed by atoms with Gasteiger partial charge in [0.15, 0.2) is 0 Å². The fourth-order valence-corrected chi connectivity index (χ4v) is 3.51. The number of para-hydroxylation sites is 1. The molecule has 0 saturated carbocycles. The molecule has 1 fully saturated rings. The summed E-state index contributed by atoms with van der Waals surface area (Å²) in [6.07, 6.45) is 7.29. The molecular formula is C20H24N6O. The lowest BCUT2D eigenvalue weighted by Gasteiger charge is -2.34. The van der Waals surface area contributed by atoms with Crippen LogP contribution in [0.1, 0.15) is 12.8 Å². The van der Waals surface area contributed by atoms with Gasteiger partial charge in [0.25, 0.3) is 5.56 Å². The summed E-state index contributed by atoms with van der Waals surface area (Å²) in [5.41, 5.74) is 0.816. The molecule has 0 aliphatic carbocycles. The highest BCUT2D eigenvalue weighted by molar-refractivity contribution is 5.76. The summed E-state index contributed by atoms with van der Waals surface area (Å²) in [6, 6.07) is 9.35. The van der Waals surface area contributed by atoms with Crippen LogP contribution in [0.4, 0.5) is 5.95 Å².